The second-order valence-electron chi connectivity index (χ2n) is 17.6. The number of benzene rings is 3. The number of aromatic nitrogens is 2. The Kier molecular flexibility index (Phi) is 16.1. The number of hydrogen-bond donors (Lipinski definition) is 6. The van der Waals surface area contributed by atoms with Crippen molar-refractivity contribution in [2.24, 2.45) is 0 Å². The third-order valence-corrected chi connectivity index (χ3v) is 16.6. The van der Waals surface area contributed by atoms with Gasteiger partial charge in [0.15, 0.2) is 0 Å². The smallest absolute Gasteiger partial charge is 0.456 e. The summed E-state index contributed by atoms with van der Waals surface area (Å²) in [6.45, 7) is 7.47. The van der Waals surface area contributed by atoms with Crippen molar-refractivity contribution >= 4 is 46.5 Å². The van der Waals surface area contributed by atoms with Crippen LogP contribution in [-0.4, -0.2) is 105 Å². The van der Waals surface area contributed by atoms with Crippen LogP contribution in [0.2, 0.25) is 0 Å². The van der Waals surface area contributed by atoms with Crippen LogP contribution in [0.5, 0.6) is 11.5 Å². The van der Waals surface area contributed by atoms with Crippen LogP contribution in [0, 0.1) is 11.8 Å². The van der Waals surface area contributed by atoms with Crippen LogP contribution in [0.1, 0.15) is 96.8 Å². The van der Waals surface area contributed by atoms with Crippen LogP contribution < -0.4 is 41.4 Å². The van der Waals surface area contributed by atoms with E-state index >= 15 is 0 Å². The summed E-state index contributed by atoms with van der Waals surface area (Å²) in [5.41, 5.74) is 5.10. The molecule has 5 heterocycles. The maximum absolute atomic E-state index is 14.4. The second-order valence-corrected chi connectivity index (χ2v) is 22.1. The van der Waals surface area contributed by atoms with Gasteiger partial charge in [-0.1, -0.05) is 30.0 Å². The number of hydrogen-bond acceptors (Lipinski definition) is 13. The third kappa shape index (κ3) is 12.3. The van der Waals surface area contributed by atoms with Crippen molar-refractivity contribution in [2.45, 2.75) is 77.5 Å². The fraction of sp³-hybridized carbons (Fsp3) is 0.426. The van der Waals surface area contributed by atoms with E-state index < -0.39 is 53.7 Å². The van der Waals surface area contributed by atoms with Gasteiger partial charge in [0.25, 0.3) is 11.5 Å². The molecule has 72 heavy (non-hydrogen) atoms. The van der Waals surface area contributed by atoms with Crippen LogP contribution in [-0.2, 0) is 49.2 Å². The second kappa shape index (κ2) is 21.9. The molecule has 22 nitrogen and oxygen atoms in total. The third-order valence-electron chi connectivity index (χ3n) is 12.8. The zero-order chi connectivity index (χ0) is 51.5. The van der Waals surface area contributed by atoms with Crippen molar-refractivity contribution in [3.05, 3.63) is 120 Å². The van der Waals surface area contributed by atoms with Gasteiger partial charge >= 0.3 is 29.2 Å². The molecule has 384 valence electrons. The molecule has 1 aromatic heterocycles. The number of aromatic amines is 1. The van der Waals surface area contributed by atoms with Gasteiger partial charge in [-0.3, -0.25) is 28.5 Å². The Morgan fingerprint density at radius 1 is 0.958 bits per heavy atom. The molecule has 1 fully saturated rings. The fourth-order valence-electron chi connectivity index (χ4n) is 9.47. The standard InChI is InChI=1S/C47H55N6O16P3/c1-4-51-22-9-13-30-24-36-40(26-38(30)51)67-41-27-39-31(14-10-23-52(39)5-2)25-37(41)44(36)34-15-6-7-16-35(34)46(56)50(3)21-11-17-42(54)48-20-8-12-32-28-53(47(57)49-45(32)55)43-19-18-33(66-43)29-65-71(61,62)69-72(63,64)68-70(58,59)60/h6-7,15-16,24-28,33,43H,4-5,9-11,13-14,17-23,29H2,1-3H3,(H5-,48,49,54,55,57,58,59,60,61,62,63,64)/p+1/t33-,43+/m0/s1. The molecule has 4 atom stereocenters. The molecule has 1 saturated heterocycles. The summed E-state index contributed by atoms with van der Waals surface area (Å²) in [6, 6.07) is 16.5. The van der Waals surface area contributed by atoms with Gasteiger partial charge in [0.1, 0.15) is 36.4 Å². The summed E-state index contributed by atoms with van der Waals surface area (Å²) in [6.07, 6.45) is 3.84. The van der Waals surface area contributed by atoms with E-state index in [0.29, 0.717) is 12.0 Å². The predicted molar refractivity (Wildman–Crippen MR) is 262 cm³/mol. The predicted octanol–water partition coefficient (Wildman–Crippen LogP) is 3.16. The number of anilines is 1. The van der Waals surface area contributed by atoms with Crippen LogP contribution >= 0.6 is 23.5 Å². The molecular weight excluding hydrogens is 997 g/mol. The topological polar surface area (TPSA) is 289 Å². The van der Waals surface area contributed by atoms with Crippen LogP contribution in [0.25, 0.3) is 5.57 Å². The molecule has 0 spiro atoms. The molecule has 0 bridgehead atoms. The summed E-state index contributed by atoms with van der Waals surface area (Å²) in [4.78, 5) is 95.2. The number of aryl methyl sites for hydroxylation is 2. The van der Waals surface area contributed by atoms with Crippen molar-refractivity contribution in [2.75, 3.05) is 57.8 Å². The van der Waals surface area contributed by atoms with Crippen molar-refractivity contribution < 1.29 is 65.5 Å². The van der Waals surface area contributed by atoms with Gasteiger partial charge in [-0.2, -0.15) is 8.62 Å². The van der Waals surface area contributed by atoms with E-state index in [1.807, 2.05) is 24.3 Å². The van der Waals surface area contributed by atoms with Crippen LogP contribution in [0.4, 0.5) is 5.69 Å². The molecule has 3 aromatic carbocycles. The first-order valence-electron chi connectivity index (χ1n) is 23.5. The number of fused-ring (bicyclic) bond motifs is 4. The quantitative estimate of drug-likeness (QED) is 0.0443. The Balaban J connectivity index is 0.899. The first-order valence-corrected chi connectivity index (χ1v) is 28.0. The number of carbonyl (C=O) groups is 2. The minimum Gasteiger partial charge on any atom is -0.456 e. The maximum Gasteiger partial charge on any atom is 0.490 e. The Bertz CT molecular complexity index is 3270. The number of phosphoric ester groups is 1. The molecule has 4 aliphatic rings. The molecule has 0 radical (unpaired) electrons. The molecule has 2 unspecified atom stereocenters. The molecule has 6 N–H and O–H groups in total. The number of ether oxygens (including phenoxy) is 2. The molecule has 0 aliphatic carbocycles. The SMILES string of the molecule is CCN1CCCc2cc3c(cc21)Oc1cc2c(cc1=C3c1ccccc1C(=O)N(C)CCCC(=O)NCC#Cc1cn([C@H]3CC[C@@H](COP(=O)(O)OP(=O)(O)OP(=O)(O)O)O3)c(=O)[nH]c1=O)CCC[N+]=2CC. The van der Waals surface area contributed by atoms with E-state index in [2.05, 4.69) is 82.9 Å². The number of nitrogens with one attached hydrogen (secondary N) is 2. The van der Waals surface area contributed by atoms with Gasteiger partial charge in [-0.05, 0) is 81.7 Å². The zero-order valence-corrected chi connectivity index (χ0v) is 42.5. The lowest BCUT2D eigenvalue weighted by atomic mass is 9.86. The molecule has 2 amide bonds. The largest absolute Gasteiger partial charge is 0.490 e. The molecule has 8 rings (SSSR count). The minimum atomic E-state index is -5.72. The Hall–Kier alpha value is -5.52. The van der Waals surface area contributed by atoms with Crippen molar-refractivity contribution in [1.29, 1.82) is 0 Å². The van der Waals surface area contributed by atoms with Gasteiger partial charge in [-0.25, -0.2) is 23.1 Å². The molecule has 4 aliphatic heterocycles. The van der Waals surface area contributed by atoms with E-state index in [-0.39, 0.29) is 49.7 Å². The summed E-state index contributed by atoms with van der Waals surface area (Å²) >= 11 is 0. The van der Waals surface area contributed by atoms with Gasteiger partial charge < -0.3 is 44.2 Å². The van der Waals surface area contributed by atoms with Gasteiger partial charge in [-0.15, -0.1) is 0 Å². The lowest BCUT2D eigenvalue weighted by molar-refractivity contribution is -0.121. The van der Waals surface area contributed by atoms with Crippen LogP contribution in [0.15, 0.2) is 64.3 Å². The first-order chi connectivity index (χ1) is 34.2. The number of amides is 2. The van der Waals surface area contributed by atoms with Gasteiger partial charge in [0.2, 0.25) is 11.3 Å². The first kappa shape index (κ1) is 52.8. The average Bonchev–Trinajstić information content (AvgIpc) is 3.80. The Morgan fingerprint density at radius 3 is 2.50 bits per heavy atom. The van der Waals surface area contributed by atoms with E-state index in [9.17, 15) is 42.7 Å². The minimum absolute atomic E-state index is 0.0733. The summed E-state index contributed by atoms with van der Waals surface area (Å²) in [5.74, 6) is 6.29. The summed E-state index contributed by atoms with van der Waals surface area (Å²) < 4.78 is 62.5. The number of H-pyrrole nitrogens is 1. The fourth-order valence-corrected chi connectivity index (χ4v) is 12.5. The van der Waals surface area contributed by atoms with Gasteiger partial charge in [0, 0.05) is 85.0 Å². The Labute approximate surface area is 413 Å². The lowest BCUT2D eigenvalue weighted by Gasteiger charge is -2.33. The van der Waals surface area contributed by atoms with Crippen LogP contribution in [0.3, 0.4) is 0 Å². The van der Waals surface area contributed by atoms with E-state index in [0.717, 1.165) is 96.0 Å². The van der Waals surface area contributed by atoms with E-state index in [4.69, 9.17) is 19.3 Å². The van der Waals surface area contributed by atoms with E-state index in [1.165, 1.54) is 22.2 Å². The number of rotatable bonds is 17. The monoisotopic (exact) mass is 1050 g/mol. The average molecular weight is 1050 g/mol. The normalized spacial score (nSPS) is 18.8. The highest BCUT2D eigenvalue weighted by molar-refractivity contribution is 7.66. The number of carbonyl (C=O) groups excluding carboxylic acids is 2. The highest BCUT2D eigenvalue weighted by atomic mass is 31.3. The van der Waals surface area contributed by atoms with Gasteiger partial charge in [0.05, 0.1) is 25.3 Å². The van der Waals surface area contributed by atoms with Crippen molar-refractivity contribution in [3.8, 4) is 23.3 Å². The maximum atomic E-state index is 14.4. The highest BCUT2D eigenvalue weighted by Gasteiger charge is 2.42. The molecular formula is C47H56N6O16P3+. The molecule has 4 aromatic rings. The Morgan fingerprint density at radius 2 is 1.74 bits per heavy atom. The summed E-state index contributed by atoms with van der Waals surface area (Å²) in [7, 11) is -15.0. The number of phosphoric acid groups is 3. The van der Waals surface area contributed by atoms with Crippen molar-refractivity contribution in [1.82, 2.24) is 24.3 Å². The number of nitrogens with zero attached hydrogens (tertiary/aromatic N) is 4. The van der Waals surface area contributed by atoms with E-state index in [1.54, 1.807) is 11.9 Å². The molecule has 0 saturated carbocycles. The van der Waals surface area contributed by atoms with Crippen molar-refractivity contribution in [3.63, 3.8) is 0 Å². The molecule has 25 heteroatoms. The highest BCUT2D eigenvalue weighted by Crippen LogP contribution is 2.66. The lowest BCUT2D eigenvalue weighted by Crippen LogP contribution is -2.39. The summed E-state index contributed by atoms with van der Waals surface area (Å²) in [5, 5.41) is 4.81. The zero-order valence-electron chi connectivity index (χ0n) is 39.8.